The molecule has 1 amide bonds. The number of non-ortho nitro benzene ring substituents is 1. The third kappa shape index (κ3) is 3.88. The van der Waals surface area contributed by atoms with Crippen LogP contribution >= 0.6 is 11.3 Å². The van der Waals surface area contributed by atoms with E-state index in [1.54, 1.807) is 29.0 Å². The number of benzene rings is 1. The largest absolute Gasteiger partial charge is 0.317 e. The predicted octanol–water partition coefficient (Wildman–Crippen LogP) is 3.09. The van der Waals surface area contributed by atoms with Gasteiger partial charge in [-0.25, -0.2) is 0 Å². The van der Waals surface area contributed by atoms with Crippen molar-refractivity contribution in [1.82, 2.24) is 14.8 Å². The van der Waals surface area contributed by atoms with Crippen molar-refractivity contribution in [3.05, 3.63) is 69.0 Å². The first-order chi connectivity index (χ1) is 13.0. The molecule has 0 saturated carbocycles. The van der Waals surface area contributed by atoms with Gasteiger partial charge < -0.3 is 4.57 Å². The van der Waals surface area contributed by atoms with Crippen molar-refractivity contribution in [2.75, 3.05) is 5.32 Å². The number of nitrogens with one attached hydrogen (secondary N) is 1. The van der Waals surface area contributed by atoms with Gasteiger partial charge in [-0.3, -0.25) is 20.2 Å². The van der Waals surface area contributed by atoms with Crippen LogP contribution in [0.3, 0.4) is 0 Å². The lowest BCUT2D eigenvalue weighted by atomic mass is 10.1. The summed E-state index contributed by atoms with van der Waals surface area (Å²) in [6, 6.07) is 9.80. The maximum absolute atomic E-state index is 12.3. The van der Waals surface area contributed by atoms with E-state index in [-0.39, 0.29) is 16.4 Å². The van der Waals surface area contributed by atoms with E-state index in [1.165, 1.54) is 23.7 Å². The summed E-state index contributed by atoms with van der Waals surface area (Å²) in [6.45, 7) is 1.82. The average molecular weight is 380 g/mol. The van der Waals surface area contributed by atoms with Crippen LogP contribution in [0.25, 0.3) is 11.8 Å². The van der Waals surface area contributed by atoms with E-state index in [9.17, 15) is 20.2 Å². The number of anilines is 1. The van der Waals surface area contributed by atoms with Gasteiger partial charge in [-0.1, -0.05) is 17.4 Å². The quantitative estimate of drug-likeness (QED) is 0.314. The number of nitrogens with zero attached hydrogens (tertiary/aromatic N) is 5. The molecular weight excluding hydrogens is 368 g/mol. The Morgan fingerprint density at radius 3 is 2.93 bits per heavy atom. The zero-order valence-electron chi connectivity index (χ0n) is 14.0. The Bertz CT molecular complexity index is 1080. The van der Waals surface area contributed by atoms with Crippen LogP contribution in [0.4, 0.5) is 10.8 Å². The minimum absolute atomic E-state index is 0.0475. The lowest BCUT2D eigenvalue weighted by Crippen LogP contribution is -2.13. The highest BCUT2D eigenvalue weighted by molar-refractivity contribution is 7.13. The van der Waals surface area contributed by atoms with Crippen molar-refractivity contribution < 1.29 is 9.72 Å². The summed E-state index contributed by atoms with van der Waals surface area (Å²) >= 11 is 1.13. The van der Waals surface area contributed by atoms with Gasteiger partial charge in [0.1, 0.15) is 17.2 Å². The van der Waals surface area contributed by atoms with Crippen molar-refractivity contribution in [2.45, 2.75) is 6.92 Å². The molecule has 9 nitrogen and oxygen atoms in total. The Morgan fingerprint density at radius 2 is 2.26 bits per heavy atom. The van der Waals surface area contributed by atoms with Crippen LogP contribution < -0.4 is 5.32 Å². The highest BCUT2D eigenvalue weighted by Crippen LogP contribution is 2.24. The van der Waals surface area contributed by atoms with Gasteiger partial charge in [0.15, 0.2) is 0 Å². The van der Waals surface area contributed by atoms with Gasteiger partial charge in [-0.15, -0.1) is 10.2 Å². The van der Waals surface area contributed by atoms with Crippen LogP contribution in [-0.2, 0) is 4.79 Å². The van der Waals surface area contributed by atoms with Gasteiger partial charge in [0.25, 0.3) is 11.6 Å². The maximum Gasteiger partial charge on any atom is 0.271 e. The smallest absolute Gasteiger partial charge is 0.271 e. The molecule has 134 valence electrons. The molecule has 1 N–H and O–H groups in total. The molecule has 0 aliphatic heterocycles. The molecule has 0 bridgehead atoms. The summed E-state index contributed by atoms with van der Waals surface area (Å²) in [6.07, 6.45) is 3.12. The normalized spacial score (nSPS) is 11.0. The number of rotatable bonds is 5. The third-order valence-electron chi connectivity index (χ3n) is 3.68. The van der Waals surface area contributed by atoms with Crippen LogP contribution in [-0.4, -0.2) is 25.6 Å². The molecule has 0 aliphatic carbocycles. The molecule has 0 atom stereocenters. The minimum Gasteiger partial charge on any atom is -0.317 e. The second kappa shape index (κ2) is 7.59. The molecule has 3 aromatic rings. The van der Waals surface area contributed by atoms with Crippen LogP contribution in [0, 0.1) is 28.4 Å². The number of nitriles is 1. The van der Waals surface area contributed by atoms with Crippen molar-refractivity contribution in [1.29, 1.82) is 5.26 Å². The molecule has 0 spiro atoms. The first-order valence-electron chi connectivity index (χ1n) is 7.61. The Balaban J connectivity index is 1.98. The van der Waals surface area contributed by atoms with E-state index < -0.39 is 10.8 Å². The molecule has 0 aliphatic rings. The Morgan fingerprint density at radius 1 is 1.44 bits per heavy atom. The fourth-order valence-corrected chi connectivity index (χ4v) is 2.83. The van der Waals surface area contributed by atoms with E-state index in [0.29, 0.717) is 11.4 Å². The first-order valence-corrected chi connectivity index (χ1v) is 8.49. The zero-order valence-corrected chi connectivity index (χ0v) is 14.8. The van der Waals surface area contributed by atoms with Crippen LogP contribution in [0.5, 0.6) is 0 Å². The molecule has 2 aromatic heterocycles. The van der Waals surface area contributed by atoms with Crippen molar-refractivity contribution in [2.24, 2.45) is 0 Å². The molecule has 10 heteroatoms. The van der Waals surface area contributed by atoms with E-state index >= 15 is 0 Å². The molecular formula is C17H12N6O3S. The van der Waals surface area contributed by atoms with Crippen molar-refractivity contribution in [3.8, 4) is 11.8 Å². The predicted molar refractivity (Wildman–Crippen MR) is 99.3 cm³/mol. The lowest BCUT2D eigenvalue weighted by Gasteiger charge is -2.10. The second-order valence-electron chi connectivity index (χ2n) is 5.40. The fraction of sp³-hybridized carbons (Fsp3) is 0.0588. The van der Waals surface area contributed by atoms with Gasteiger partial charge in [-0.2, -0.15) is 5.26 Å². The molecule has 2 heterocycles. The van der Waals surface area contributed by atoms with E-state index in [1.807, 2.05) is 13.0 Å². The lowest BCUT2D eigenvalue weighted by molar-refractivity contribution is -0.384. The van der Waals surface area contributed by atoms with Gasteiger partial charge in [0, 0.05) is 24.0 Å². The van der Waals surface area contributed by atoms with Gasteiger partial charge in [0.2, 0.25) is 5.13 Å². The minimum atomic E-state index is -0.613. The number of hydrogen-bond acceptors (Lipinski definition) is 7. The summed E-state index contributed by atoms with van der Waals surface area (Å²) in [5.41, 5.74) is 3.21. The average Bonchev–Trinajstić information content (AvgIpc) is 3.31. The van der Waals surface area contributed by atoms with Crippen LogP contribution in [0.1, 0.15) is 11.3 Å². The number of nitro groups is 1. The summed E-state index contributed by atoms with van der Waals surface area (Å²) < 4.78 is 1.68. The highest BCUT2D eigenvalue weighted by atomic mass is 32.1. The molecule has 0 fully saturated rings. The topological polar surface area (TPSA) is 127 Å². The molecule has 27 heavy (non-hydrogen) atoms. The van der Waals surface area contributed by atoms with Gasteiger partial charge in [0.05, 0.1) is 10.6 Å². The number of aromatic nitrogens is 3. The summed E-state index contributed by atoms with van der Waals surface area (Å²) in [4.78, 5) is 22.9. The van der Waals surface area contributed by atoms with E-state index in [2.05, 4.69) is 15.5 Å². The third-order valence-corrected chi connectivity index (χ3v) is 4.29. The molecule has 0 unspecified atom stereocenters. The van der Waals surface area contributed by atoms with E-state index in [4.69, 9.17) is 0 Å². The standard InChI is InChI=1S/C17H12N6O3S/c1-11-4-5-14(23(25)26)8-15(11)22-6-2-3-13(22)7-12(9-18)16(24)20-17-21-19-10-27-17/h2-8,10H,1H3,(H,20,21,24). The summed E-state index contributed by atoms with van der Waals surface area (Å²) in [5.74, 6) is -0.613. The first kappa shape index (κ1) is 18.0. The fourth-order valence-electron chi connectivity index (χ4n) is 2.39. The van der Waals surface area contributed by atoms with Gasteiger partial charge >= 0.3 is 0 Å². The number of nitro benzene ring substituents is 1. The summed E-state index contributed by atoms with van der Waals surface area (Å²) in [7, 11) is 0. The summed E-state index contributed by atoms with van der Waals surface area (Å²) in [5, 5.41) is 30.5. The zero-order chi connectivity index (χ0) is 19.4. The Hall–Kier alpha value is -3.84. The SMILES string of the molecule is Cc1ccc([N+](=O)[O-])cc1-n1cccc1C=C(C#N)C(=O)Nc1nncs1. The van der Waals surface area contributed by atoms with Gasteiger partial charge in [-0.05, 0) is 30.7 Å². The number of aryl methyl sites for hydroxylation is 1. The maximum atomic E-state index is 12.3. The number of carbonyl (C=O) groups is 1. The van der Waals surface area contributed by atoms with Crippen molar-refractivity contribution >= 4 is 34.1 Å². The van der Waals surface area contributed by atoms with Crippen LogP contribution in [0.2, 0.25) is 0 Å². The van der Waals surface area contributed by atoms with Crippen molar-refractivity contribution in [3.63, 3.8) is 0 Å². The Labute approximate surface area is 157 Å². The Kier molecular flexibility index (Phi) is 5.05. The molecule has 1 aromatic carbocycles. The van der Waals surface area contributed by atoms with E-state index in [0.717, 1.165) is 16.9 Å². The molecule has 3 rings (SSSR count). The molecule has 0 radical (unpaired) electrons. The van der Waals surface area contributed by atoms with Crippen LogP contribution in [0.15, 0.2) is 47.6 Å². The number of amides is 1. The second-order valence-corrected chi connectivity index (χ2v) is 6.23. The molecule has 0 saturated heterocycles. The highest BCUT2D eigenvalue weighted by Gasteiger charge is 2.15. The monoisotopic (exact) mass is 380 g/mol. The number of hydrogen-bond donors (Lipinski definition) is 1. The number of carbonyl (C=O) groups excluding carboxylic acids is 1.